The summed E-state index contributed by atoms with van der Waals surface area (Å²) in [5.41, 5.74) is 3.10. The maximum atomic E-state index is 11.5. The van der Waals surface area contributed by atoms with E-state index in [1.807, 2.05) is 24.3 Å². The Kier molecular flexibility index (Phi) is 4.65. The van der Waals surface area contributed by atoms with Gasteiger partial charge in [0.15, 0.2) is 5.78 Å². The van der Waals surface area contributed by atoms with E-state index in [1.165, 1.54) is 11.1 Å². The first-order valence-electron chi connectivity index (χ1n) is 9.25. The third kappa shape index (κ3) is 3.44. The van der Waals surface area contributed by atoms with Crippen molar-refractivity contribution in [2.45, 2.75) is 18.6 Å². The van der Waals surface area contributed by atoms with Crippen LogP contribution in [0.4, 0.5) is 0 Å². The zero-order chi connectivity index (χ0) is 18.9. The SMILES string of the molecule is CC(=O)c1ccc(C2(O)CN(C(c3ccccc3)c3ccccc3)C2)cc1. The summed E-state index contributed by atoms with van der Waals surface area (Å²) in [6, 6.07) is 28.2. The number of carbonyl (C=O) groups excluding carboxylic acids is 1. The van der Waals surface area contributed by atoms with E-state index >= 15 is 0 Å². The first kappa shape index (κ1) is 17.7. The van der Waals surface area contributed by atoms with E-state index in [2.05, 4.69) is 53.4 Å². The van der Waals surface area contributed by atoms with Crippen LogP contribution in [-0.4, -0.2) is 28.9 Å². The molecule has 0 radical (unpaired) electrons. The number of rotatable bonds is 5. The van der Waals surface area contributed by atoms with E-state index in [9.17, 15) is 9.90 Å². The van der Waals surface area contributed by atoms with Gasteiger partial charge in [-0.05, 0) is 23.6 Å². The summed E-state index contributed by atoms with van der Waals surface area (Å²) in [6.45, 7) is 2.67. The lowest BCUT2D eigenvalue weighted by atomic mass is 9.82. The molecule has 1 N–H and O–H groups in total. The van der Waals surface area contributed by atoms with Crippen LogP contribution >= 0.6 is 0 Å². The van der Waals surface area contributed by atoms with E-state index < -0.39 is 5.60 Å². The van der Waals surface area contributed by atoms with Crippen molar-refractivity contribution < 1.29 is 9.90 Å². The number of nitrogens with zero attached hydrogens (tertiary/aromatic N) is 1. The minimum atomic E-state index is -0.878. The quantitative estimate of drug-likeness (QED) is 0.697. The van der Waals surface area contributed by atoms with Gasteiger partial charge in [-0.2, -0.15) is 0 Å². The van der Waals surface area contributed by atoms with Crippen molar-refractivity contribution in [2.24, 2.45) is 0 Å². The Morgan fingerprint density at radius 1 is 0.852 bits per heavy atom. The van der Waals surface area contributed by atoms with Gasteiger partial charge in [0, 0.05) is 18.7 Å². The Morgan fingerprint density at radius 2 is 1.33 bits per heavy atom. The highest BCUT2D eigenvalue weighted by molar-refractivity contribution is 5.94. The van der Waals surface area contributed by atoms with E-state index in [0.717, 1.165) is 5.56 Å². The molecule has 0 atom stereocenters. The Morgan fingerprint density at radius 3 is 1.78 bits per heavy atom. The number of β-amino-alcohol motifs (C(OH)–C–C–N with tert-alkyl or cyclic N) is 1. The average molecular weight is 357 g/mol. The summed E-state index contributed by atoms with van der Waals surface area (Å²) in [4.78, 5) is 13.8. The van der Waals surface area contributed by atoms with E-state index in [1.54, 1.807) is 19.1 Å². The lowest BCUT2D eigenvalue weighted by molar-refractivity contribution is -0.116. The van der Waals surface area contributed by atoms with Crippen LogP contribution in [0.15, 0.2) is 84.9 Å². The molecule has 0 spiro atoms. The maximum Gasteiger partial charge on any atom is 0.159 e. The van der Waals surface area contributed by atoms with E-state index in [0.29, 0.717) is 18.7 Å². The maximum absolute atomic E-state index is 11.5. The Balaban J connectivity index is 1.59. The summed E-state index contributed by atoms with van der Waals surface area (Å²) in [5.74, 6) is 0.0389. The lowest BCUT2D eigenvalue weighted by Gasteiger charge is -2.50. The molecule has 4 rings (SSSR count). The van der Waals surface area contributed by atoms with Gasteiger partial charge < -0.3 is 5.11 Å². The second-order valence-electron chi connectivity index (χ2n) is 7.29. The van der Waals surface area contributed by atoms with Crippen molar-refractivity contribution in [3.8, 4) is 0 Å². The van der Waals surface area contributed by atoms with E-state index in [-0.39, 0.29) is 11.8 Å². The molecule has 3 heteroatoms. The molecule has 0 amide bonds. The summed E-state index contributed by atoms with van der Waals surface area (Å²) in [5, 5.41) is 11.1. The molecule has 27 heavy (non-hydrogen) atoms. The highest BCUT2D eigenvalue weighted by atomic mass is 16.3. The van der Waals surface area contributed by atoms with Gasteiger partial charge >= 0.3 is 0 Å². The molecule has 1 aliphatic heterocycles. The van der Waals surface area contributed by atoms with Crippen LogP contribution in [0.2, 0.25) is 0 Å². The van der Waals surface area contributed by atoms with Crippen LogP contribution in [-0.2, 0) is 5.60 Å². The van der Waals surface area contributed by atoms with Crippen molar-refractivity contribution >= 4 is 5.78 Å². The highest BCUT2D eigenvalue weighted by Crippen LogP contribution is 2.40. The Labute approximate surface area is 159 Å². The molecule has 0 saturated carbocycles. The smallest absolute Gasteiger partial charge is 0.159 e. The second-order valence-corrected chi connectivity index (χ2v) is 7.29. The number of ketones is 1. The van der Waals surface area contributed by atoms with Crippen LogP contribution < -0.4 is 0 Å². The number of likely N-dealkylation sites (tertiary alicyclic amines) is 1. The standard InChI is InChI=1S/C24H23NO2/c1-18(26)19-12-14-22(15-13-19)24(27)16-25(17-24)23(20-8-4-2-5-9-20)21-10-6-3-7-11-21/h2-15,23,27H,16-17H2,1H3. The van der Waals surface area contributed by atoms with Crippen LogP contribution in [0.5, 0.6) is 0 Å². The predicted molar refractivity (Wildman–Crippen MR) is 107 cm³/mol. The lowest BCUT2D eigenvalue weighted by Crippen LogP contribution is -2.60. The van der Waals surface area contributed by atoms with Gasteiger partial charge in [0.25, 0.3) is 0 Å². The molecule has 0 unspecified atom stereocenters. The summed E-state index contributed by atoms with van der Waals surface area (Å²) in [7, 11) is 0. The molecular weight excluding hydrogens is 334 g/mol. The second kappa shape index (κ2) is 7.10. The fourth-order valence-corrected chi connectivity index (χ4v) is 3.89. The van der Waals surface area contributed by atoms with Crippen LogP contribution in [0.3, 0.4) is 0 Å². The molecule has 3 aromatic carbocycles. The van der Waals surface area contributed by atoms with Gasteiger partial charge in [-0.3, -0.25) is 9.69 Å². The van der Waals surface area contributed by atoms with Crippen LogP contribution in [0.1, 0.15) is 40.0 Å². The first-order chi connectivity index (χ1) is 13.1. The summed E-state index contributed by atoms with van der Waals surface area (Å²) in [6.07, 6.45) is 0. The number of benzene rings is 3. The molecule has 1 saturated heterocycles. The zero-order valence-electron chi connectivity index (χ0n) is 15.4. The molecule has 1 heterocycles. The molecule has 3 aromatic rings. The van der Waals surface area contributed by atoms with Crippen molar-refractivity contribution in [1.29, 1.82) is 0 Å². The Bertz CT molecular complexity index is 874. The number of hydrogen-bond acceptors (Lipinski definition) is 3. The van der Waals surface area contributed by atoms with Gasteiger partial charge in [0.1, 0.15) is 5.60 Å². The third-order valence-corrected chi connectivity index (χ3v) is 5.35. The predicted octanol–water partition coefficient (Wildman–Crippen LogP) is 4.18. The van der Waals surface area contributed by atoms with Crippen LogP contribution in [0, 0.1) is 0 Å². The molecule has 0 aliphatic carbocycles. The summed E-state index contributed by atoms with van der Waals surface area (Å²) < 4.78 is 0. The first-order valence-corrected chi connectivity index (χ1v) is 9.25. The monoisotopic (exact) mass is 357 g/mol. The van der Waals surface area contributed by atoms with Gasteiger partial charge in [-0.1, -0.05) is 84.9 Å². The van der Waals surface area contributed by atoms with Crippen molar-refractivity contribution in [1.82, 2.24) is 4.90 Å². The average Bonchev–Trinajstić information content (AvgIpc) is 2.68. The Hall–Kier alpha value is -2.75. The fraction of sp³-hybridized carbons (Fsp3) is 0.208. The van der Waals surface area contributed by atoms with E-state index in [4.69, 9.17) is 0 Å². The van der Waals surface area contributed by atoms with Crippen molar-refractivity contribution in [3.05, 3.63) is 107 Å². The molecule has 0 aromatic heterocycles. The van der Waals surface area contributed by atoms with Gasteiger partial charge in [-0.25, -0.2) is 0 Å². The number of carbonyl (C=O) groups is 1. The van der Waals surface area contributed by atoms with Crippen molar-refractivity contribution in [3.63, 3.8) is 0 Å². The van der Waals surface area contributed by atoms with Crippen LogP contribution in [0.25, 0.3) is 0 Å². The van der Waals surface area contributed by atoms with Gasteiger partial charge in [-0.15, -0.1) is 0 Å². The minimum absolute atomic E-state index is 0.0389. The third-order valence-electron chi connectivity index (χ3n) is 5.35. The van der Waals surface area contributed by atoms with Crippen molar-refractivity contribution in [2.75, 3.05) is 13.1 Å². The molecule has 1 fully saturated rings. The normalized spacial score (nSPS) is 16.1. The largest absolute Gasteiger partial charge is 0.382 e. The topological polar surface area (TPSA) is 40.5 Å². The van der Waals surface area contributed by atoms with Gasteiger partial charge in [0.05, 0.1) is 6.04 Å². The zero-order valence-corrected chi connectivity index (χ0v) is 15.4. The fourth-order valence-electron chi connectivity index (χ4n) is 3.89. The number of Topliss-reactive ketones (excluding diaryl/α,β-unsaturated/α-hetero) is 1. The summed E-state index contributed by atoms with van der Waals surface area (Å²) >= 11 is 0. The minimum Gasteiger partial charge on any atom is -0.382 e. The molecule has 136 valence electrons. The number of hydrogen-bond donors (Lipinski definition) is 1. The molecular formula is C24H23NO2. The molecule has 3 nitrogen and oxygen atoms in total. The highest BCUT2D eigenvalue weighted by Gasteiger charge is 2.46. The van der Waals surface area contributed by atoms with Gasteiger partial charge in [0.2, 0.25) is 0 Å². The number of aliphatic hydroxyl groups is 1. The molecule has 1 aliphatic rings. The molecule has 0 bridgehead atoms.